The van der Waals surface area contributed by atoms with Crippen LogP contribution >= 0.6 is 11.8 Å². The van der Waals surface area contributed by atoms with E-state index in [0.717, 1.165) is 10.9 Å². The number of aliphatic hydroxyl groups excluding tert-OH is 1. The zero-order chi connectivity index (χ0) is 15.4. The Morgan fingerprint density at radius 2 is 2.00 bits per heavy atom. The number of para-hydroxylation sites is 1. The van der Waals surface area contributed by atoms with Gasteiger partial charge in [-0.3, -0.25) is 0 Å². The summed E-state index contributed by atoms with van der Waals surface area (Å²) in [5.74, 6) is 1.35. The van der Waals surface area contributed by atoms with E-state index in [1.165, 1.54) is 17.3 Å². The van der Waals surface area contributed by atoms with Crippen LogP contribution in [0.1, 0.15) is 39.2 Å². The van der Waals surface area contributed by atoms with Gasteiger partial charge in [0.1, 0.15) is 0 Å². The molecule has 2 rings (SSSR count). The van der Waals surface area contributed by atoms with E-state index in [-0.39, 0.29) is 0 Å². The molecule has 0 amide bonds. The van der Waals surface area contributed by atoms with E-state index in [4.69, 9.17) is 4.99 Å². The van der Waals surface area contributed by atoms with E-state index in [2.05, 4.69) is 38.9 Å². The van der Waals surface area contributed by atoms with Gasteiger partial charge in [-0.15, -0.1) is 0 Å². The average Bonchev–Trinajstić information content (AvgIpc) is 2.77. The fourth-order valence-corrected chi connectivity index (χ4v) is 2.91. The van der Waals surface area contributed by atoms with E-state index in [1.54, 1.807) is 5.01 Å². The third-order valence-electron chi connectivity index (χ3n) is 3.10. The Labute approximate surface area is 131 Å². The van der Waals surface area contributed by atoms with Crippen LogP contribution in [0.15, 0.2) is 34.4 Å². The molecule has 0 saturated carbocycles. The number of hydrazone groups is 1. The summed E-state index contributed by atoms with van der Waals surface area (Å²) in [4.78, 5) is 4.72. The van der Waals surface area contributed by atoms with Gasteiger partial charge in [0, 0.05) is 12.0 Å². The molecule has 0 aromatic heterocycles. The summed E-state index contributed by atoms with van der Waals surface area (Å²) in [6, 6.07) is 8.13. The lowest BCUT2D eigenvalue weighted by atomic mass is 10.0. The van der Waals surface area contributed by atoms with Crippen molar-refractivity contribution in [1.82, 2.24) is 5.01 Å². The van der Waals surface area contributed by atoms with Crippen LogP contribution in [-0.2, 0) is 0 Å². The van der Waals surface area contributed by atoms with Crippen molar-refractivity contribution in [2.45, 2.75) is 39.8 Å². The zero-order valence-electron chi connectivity index (χ0n) is 13.0. The highest BCUT2D eigenvalue weighted by molar-refractivity contribution is 8.14. The van der Waals surface area contributed by atoms with Gasteiger partial charge in [-0.2, -0.15) is 5.10 Å². The van der Waals surface area contributed by atoms with Gasteiger partial charge in [0.25, 0.3) is 0 Å². The molecule has 1 aromatic carbocycles. The van der Waals surface area contributed by atoms with Gasteiger partial charge in [-0.1, -0.05) is 57.7 Å². The number of hydrogen-bond donors (Lipinski definition) is 1. The summed E-state index contributed by atoms with van der Waals surface area (Å²) in [5, 5.41) is 16.8. The lowest BCUT2D eigenvalue weighted by Gasteiger charge is -2.17. The quantitative estimate of drug-likeness (QED) is 0.861. The Bertz CT molecular complexity index is 540. The fraction of sp³-hybridized carbons (Fsp3) is 0.500. The first kappa shape index (κ1) is 16.0. The largest absolute Gasteiger partial charge is 0.371 e. The monoisotopic (exact) mass is 305 g/mol. The van der Waals surface area contributed by atoms with Crippen molar-refractivity contribution in [3.8, 4) is 0 Å². The number of benzene rings is 1. The summed E-state index contributed by atoms with van der Waals surface area (Å²) >= 11 is 1.54. The Morgan fingerprint density at radius 3 is 2.67 bits per heavy atom. The number of amidine groups is 1. The first-order valence-corrected chi connectivity index (χ1v) is 8.29. The van der Waals surface area contributed by atoms with Crippen LogP contribution in [0.5, 0.6) is 0 Å². The number of aliphatic hydroxyl groups is 1. The van der Waals surface area contributed by atoms with Crippen LogP contribution in [0, 0.1) is 5.92 Å². The van der Waals surface area contributed by atoms with Gasteiger partial charge in [-0.05, 0) is 23.5 Å². The van der Waals surface area contributed by atoms with Gasteiger partial charge in [0.15, 0.2) is 11.4 Å². The third-order valence-corrected chi connectivity index (χ3v) is 4.11. The number of aliphatic imine (C=N–C) groups is 1. The second-order valence-electron chi connectivity index (χ2n) is 5.75. The molecule has 1 aliphatic heterocycles. The Hall–Kier alpha value is -1.33. The Balaban J connectivity index is 2.31. The topological polar surface area (TPSA) is 48.2 Å². The van der Waals surface area contributed by atoms with E-state index < -0.39 is 6.23 Å². The number of thioether (sulfide) groups is 1. The highest BCUT2D eigenvalue weighted by Crippen LogP contribution is 2.31. The molecule has 0 bridgehead atoms. The molecule has 5 heteroatoms. The fourth-order valence-electron chi connectivity index (χ4n) is 2.01. The van der Waals surface area contributed by atoms with Gasteiger partial charge in [0.05, 0.1) is 5.69 Å². The molecule has 114 valence electrons. The molecule has 1 aliphatic rings. The number of rotatable bonds is 4. The lowest BCUT2D eigenvalue weighted by Crippen LogP contribution is -2.29. The van der Waals surface area contributed by atoms with Crippen LogP contribution in [0.4, 0.5) is 5.69 Å². The second kappa shape index (κ2) is 7.09. The van der Waals surface area contributed by atoms with Gasteiger partial charge in [0.2, 0.25) is 0 Å². The maximum atomic E-state index is 10.0. The van der Waals surface area contributed by atoms with Crippen LogP contribution in [-0.4, -0.2) is 33.5 Å². The van der Waals surface area contributed by atoms with Crippen LogP contribution in [0.2, 0.25) is 0 Å². The number of nitrogens with zero attached hydrogens (tertiary/aromatic N) is 3. The van der Waals surface area contributed by atoms with Crippen LogP contribution < -0.4 is 0 Å². The van der Waals surface area contributed by atoms with Crippen LogP contribution in [0.25, 0.3) is 0 Å². The second-order valence-corrected chi connectivity index (χ2v) is 6.74. The summed E-state index contributed by atoms with van der Waals surface area (Å²) in [6.45, 7) is 8.43. The Kier molecular flexibility index (Phi) is 5.42. The normalized spacial score (nSPS) is 21.4. The van der Waals surface area contributed by atoms with Crippen molar-refractivity contribution < 1.29 is 5.11 Å². The van der Waals surface area contributed by atoms with Gasteiger partial charge >= 0.3 is 0 Å². The SMILES string of the molecule is CC(C)/C=N/N1C(=Nc2ccccc2C(C)C)SCC1O. The smallest absolute Gasteiger partial charge is 0.187 e. The van der Waals surface area contributed by atoms with Crippen molar-refractivity contribution in [3.05, 3.63) is 29.8 Å². The highest BCUT2D eigenvalue weighted by atomic mass is 32.2. The predicted octanol–water partition coefficient (Wildman–Crippen LogP) is 3.81. The van der Waals surface area contributed by atoms with E-state index in [9.17, 15) is 5.11 Å². The third kappa shape index (κ3) is 4.08. The molecule has 1 N–H and O–H groups in total. The first-order chi connectivity index (χ1) is 9.99. The van der Waals surface area contributed by atoms with E-state index >= 15 is 0 Å². The number of hydrogen-bond acceptors (Lipinski definition) is 4. The highest BCUT2D eigenvalue weighted by Gasteiger charge is 2.28. The standard InChI is InChI=1S/C16H23N3OS/c1-11(2)9-17-19-15(20)10-21-16(19)18-14-8-6-5-7-13(14)12(3)4/h5-9,11-12,15,20H,10H2,1-4H3/b17-9+,18-16?. The molecule has 1 atom stereocenters. The van der Waals surface area contributed by atoms with Crippen molar-refractivity contribution >= 4 is 28.8 Å². The molecule has 1 heterocycles. The summed E-state index contributed by atoms with van der Waals surface area (Å²) in [5.41, 5.74) is 2.16. The molecule has 4 nitrogen and oxygen atoms in total. The minimum absolute atomic E-state index is 0.340. The maximum Gasteiger partial charge on any atom is 0.187 e. The van der Waals surface area contributed by atoms with Crippen LogP contribution in [0.3, 0.4) is 0 Å². The van der Waals surface area contributed by atoms with Gasteiger partial charge in [-0.25, -0.2) is 10.0 Å². The molecule has 0 aliphatic carbocycles. The predicted molar refractivity (Wildman–Crippen MR) is 91.3 cm³/mol. The average molecular weight is 305 g/mol. The minimum atomic E-state index is -0.602. The summed E-state index contributed by atoms with van der Waals surface area (Å²) in [7, 11) is 0. The molecule has 21 heavy (non-hydrogen) atoms. The minimum Gasteiger partial charge on any atom is -0.371 e. The molecule has 1 saturated heterocycles. The van der Waals surface area contributed by atoms with Crippen molar-refractivity contribution in [2.24, 2.45) is 16.0 Å². The maximum absolute atomic E-state index is 10.0. The van der Waals surface area contributed by atoms with Crippen molar-refractivity contribution in [3.63, 3.8) is 0 Å². The molecule has 0 spiro atoms. The molecular weight excluding hydrogens is 282 g/mol. The summed E-state index contributed by atoms with van der Waals surface area (Å²) in [6.07, 6.45) is 1.23. The first-order valence-electron chi connectivity index (χ1n) is 7.31. The van der Waals surface area contributed by atoms with E-state index in [1.807, 2.05) is 24.4 Å². The summed E-state index contributed by atoms with van der Waals surface area (Å²) < 4.78 is 0. The zero-order valence-corrected chi connectivity index (χ0v) is 13.8. The van der Waals surface area contributed by atoms with Gasteiger partial charge < -0.3 is 5.11 Å². The van der Waals surface area contributed by atoms with E-state index in [0.29, 0.717) is 17.6 Å². The molecular formula is C16H23N3OS. The molecule has 0 radical (unpaired) electrons. The van der Waals surface area contributed by atoms with Crippen molar-refractivity contribution in [1.29, 1.82) is 0 Å². The molecule has 1 unspecified atom stereocenters. The lowest BCUT2D eigenvalue weighted by molar-refractivity contribution is 0.0850. The van der Waals surface area contributed by atoms with Crippen molar-refractivity contribution in [2.75, 3.05) is 5.75 Å². The Morgan fingerprint density at radius 1 is 1.29 bits per heavy atom. The molecule has 1 fully saturated rings. The molecule has 1 aromatic rings.